The van der Waals surface area contributed by atoms with Gasteiger partial charge in [0.1, 0.15) is 0 Å². The summed E-state index contributed by atoms with van der Waals surface area (Å²) >= 11 is 0. The van der Waals surface area contributed by atoms with Crippen molar-refractivity contribution in [1.29, 1.82) is 0 Å². The van der Waals surface area contributed by atoms with Gasteiger partial charge in [-0.3, -0.25) is 0 Å². The minimum atomic E-state index is -0.436. The Morgan fingerprint density at radius 3 is 2.73 bits per heavy atom. The third kappa shape index (κ3) is 4.47. The van der Waals surface area contributed by atoms with Crippen molar-refractivity contribution in [3.8, 4) is 0 Å². The quantitative estimate of drug-likeness (QED) is 0.721. The molecule has 1 rings (SSSR count). The molecule has 15 heavy (non-hydrogen) atoms. The van der Waals surface area contributed by atoms with E-state index >= 15 is 0 Å². The monoisotopic (exact) mass is 217 g/mol. The molecule has 0 aliphatic carbocycles. The summed E-state index contributed by atoms with van der Waals surface area (Å²) in [6.07, 6.45) is -0.497. The number of ether oxygens (including phenoxy) is 2. The highest BCUT2D eigenvalue weighted by atomic mass is 16.6. The lowest BCUT2D eigenvalue weighted by Crippen LogP contribution is -2.52. The molecule has 3 atom stereocenters. The molecule has 0 saturated carbocycles. The van der Waals surface area contributed by atoms with Gasteiger partial charge in [-0.25, -0.2) is 0 Å². The number of hydrogen-bond acceptors (Lipinski definition) is 4. The van der Waals surface area contributed by atoms with Gasteiger partial charge in [0.05, 0.1) is 30.5 Å². The lowest BCUT2D eigenvalue weighted by molar-refractivity contribution is -0.136. The van der Waals surface area contributed by atoms with Crippen molar-refractivity contribution in [2.45, 2.75) is 51.6 Å². The molecule has 0 aromatic rings. The molecule has 4 nitrogen and oxygen atoms in total. The first-order valence-electron chi connectivity index (χ1n) is 5.59. The van der Waals surface area contributed by atoms with Gasteiger partial charge in [-0.2, -0.15) is 0 Å². The fraction of sp³-hybridized carbons (Fsp3) is 1.00. The average Bonchev–Trinajstić information content (AvgIpc) is 2.12. The van der Waals surface area contributed by atoms with Gasteiger partial charge >= 0.3 is 0 Å². The number of morpholine rings is 1. The van der Waals surface area contributed by atoms with E-state index in [4.69, 9.17) is 9.47 Å². The Labute approximate surface area is 92.0 Å². The maximum Gasteiger partial charge on any atom is 0.0940 e. The van der Waals surface area contributed by atoms with E-state index in [-0.39, 0.29) is 17.8 Å². The molecule has 0 radical (unpaired) electrons. The number of aliphatic hydroxyl groups excluding tert-OH is 1. The third-order valence-electron chi connectivity index (χ3n) is 2.63. The largest absolute Gasteiger partial charge is 0.391 e. The fourth-order valence-corrected chi connectivity index (χ4v) is 1.56. The van der Waals surface area contributed by atoms with Crippen LogP contribution in [0, 0.1) is 0 Å². The highest BCUT2D eigenvalue weighted by Crippen LogP contribution is 2.15. The van der Waals surface area contributed by atoms with Crippen LogP contribution in [0.2, 0.25) is 0 Å². The average molecular weight is 217 g/mol. The maximum atomic E-state index is 9.27. The summed E-state index contributed by atoms with van der Waals surface area (Å²) in [5.74, 6) is 0. The van der Waals surface area contributed by atoms with Crippen molar-refractivity contribution in [2.75, 3.05) is 19.7 Å². The first kappa shape index (κ1) is 12.9. The molecule has 0 spiro atoms. The van der Waals surface area contributed by atoms with Gasteiger partial charge in [0.15, 0.2) is 0 Å². The molecule has 1 heterocycles. The molecule has 4 heteroatoms. The standard InChI is InChI=1S/C11H23NO3/c1-8(13)9(2)14-6-10-5-12-7-11(3,4)15-10/h8-10,12-13H,5-7H2,1-4H3. The second-order valence-electron chi connectivity index (χ2n) is 4.91. The van der Waals surface area contributed by atoms with Crippen LogP contribution in [0.3, 0.4) is 0 Å². The van der Waals surface area contributed by atoms with E-state index in [2.05, 4.69) is 19.2 Å². The van der Waals surface area contributed by atoms with Crippen LogP contribution in [0.25, 0.3) is 0 Å². The van der Waals surface area contributed by atoms with Crippen LogP contribution >= 0.6 is 0 Å². The molecule has 2 N–H and O–H groups in total. The van der Waals surface area contributed by atoms with Crippen LogP contribution in [0.15, 0.2) is 0 Å². The van der Waals surface area contributed by atoms with E-state index in [0.29, 0.717) is 6.61 Å². The van der Waals surface area contributed by atoms with Crippen LogP contribution in [0.5, 0.6) is 0 Å². The number of rotatable bonds is 4. The zero-order chi connectivity index (χ0) is 11.5. The van der Waals surface area contributed by atoms with Gasteiger partial charge in [0.2, 0.25) is 0 Å². The topological polar surface area (TPSA) is 50.7 Å². The predicted octanol–water partition coefficient (Wildman–Crippen LogP) is 0.539. The van der Waals surface area contributed by atoms with Crippen LogP contribution in [-0.2, 0) is 9.47 Å². The van der Waals surface area contributed by atoms with Gasteiger partial charge < -0.3 is 19.9 Å². The fourth-order valence-electron chi connectivity index (χ4n) is 1.56. The molecule has 1 saturated heterocycles. The zero-order valence-electron chi connectivity index (χ0n) is 10.1. The van der Waals surface area contributed by atoms with Gasteiger partial charge in [0, 0.05) is 13.1 Å². The van der Waals surface area contributed by atoms with E-state index in [1.54, 1.807) is 6.92 Å². The van der Waals surface area contributed by atoms with Gasteiger partial charge in [-0.1, -0.05) is 0 Å². The smallest absolute Gasteiger partial charge is 0.0940 e. The van der Waals surface area contributed by atoms with Crippen molar-refractivity contribution in [3.63, 3.8) is 0 Å². The van der Waals surface area contributed by atoms with Crippen molar-refractivity contribution in [2.24, 2.45) is 0 Å². The molecular formula is C11H23NO3. The summed E-state index contributed by atoms with van der Waals surface area (Å²) in [5, 5.41) is 12.6. The van der Waals surface area contributed by atoms with E-state index < -0.39 is 6.10 Å². The van der Waals surface area contributed by atoms with E-state index in [9.17, 15) is 5.11 Å². The predicted molar refractivity (Wildman–Crippen MR) is 58.9 cm³/mol. The number of nitrogens with one attached hydrogen (secondary N) is 1. The number of aliphatic hydroxyl groups is 1. The maximum absolute atomic E-state index is 9.27. The Hall–Kier alpha value is -0.160. The van der Waals surface area contributed by atoms with Gasteiger partial charge in [-0.05, 0) is 27.7 Å². The Balaban J connectivity index is 2.27. The highest BCUT2D eigenvalue weighted by Gasteiger charge is 2.28. The van der Waals surface area contributed by atoms with Crippen LogP contribution in [0.4, 0.5) is 0 Å². The van der Waals surface area contributed by atoms with E-state index in [0.717, 1.165) is 13.1 Å². The summed E-state index contributed by atoms with van der Waals surface area (Å²) in [5.41, 5.74) is -0.125. The molecule has 90 valence electrons. The summed E-state index contributed by atoms with van der Waals surface area (Å²) in [6, 6.07) is 0. The minimum absolute atomic E-state index is 0.0787. The van der Waals surface area contributed by atoms with Crippen LogP contribution < -0.4 is 5.32 Å². The Morgan fingerprint density at radius 2 is 2.20 bits per heavy atom. The Bertz CT molecular complexity index is 194. The SMILES string of the molecule is CC(O)C(C)OCC1CNCC(C)(C)O1. The molecule has 0 aromatic heterocycles. The molecule has 3 unspecified atom stereocenters. The highest BCUT2D eigenvalue weighted by molar-refractivity contribution is 4.81. The van der Waals surface area contributed by atoms with Gasteiger partial charge in [-0.15, -0.1) is 0 Å². The first-order chi connectivity index (χ1) is 6.91. The number of hydrogen-bond donors (Lipinski definition) is 2. The Morgan fingerprint density at radius 1 is 1.53 bits per heavy atom. The molecule has 0 bridgehead atoms. The molecular weight excluding hydrogens is 194 g/mol. The Kier molecular flexibility index (Phi) is 4.52. The van der Waals surface area contributed by atoms with Gasteiger partial charge in [0.25, 0.3) is 0 Å². The van der Waals surface area contributed by atoms with E-state index in [1.807, 2.05) is 6.92 Å². The molecule has 1 fully saturated rings. The summed E-state index contributed by atoms with van der Waals surface area (Å²) in [4.78, 5) is 0. The second-order valence-corrected chi connectivity index (χ2v) is 4.91. The molecule has 1 aliphatic rings. The summed E-state index contributed by atoms with van der Waals surface area (Å²) < 4.78 is 11.4. The lowest BCUT2D eigenvalue weighted by atomic mass is 10.1. The lowest BCUT2D eigenvalue weighted by Gasteiger charge is -2.37. The van der Waals surface area contributed by atoms with Crippen molar-refractivity contribution in [1.82, 2.24) is 5.32 Å². The zero-order valence-corrected chi connectivity index (χ0v) is 10.1. The van der Waals surface area contributed by atoms with Crippen LogP contribution in [-0.4, -0.2) is 48.7 Å². The van der Waals surface area contributed by atoms with Crippen molar-refractivity contribution < 1.29 is 14.6 Å². The normalized spacial score (nSPS) is 29.8. The van der Waals surface area contributed by atoms with Crippen molar-refractivity contribution in [3.05, 3.63) is 0 Å². The molecule has 1 aliphatic heterocycles. The summed E-state index contributed by atoms with van der Waals surface area (Å²) in [6.45, 7) is 9.93. The summed E-state index contributed by atoms with van der Waals surface area (Å²) in [7, 11) is 0. The second kappa shape index (κ2) is 5.25. The third-order valence-corrected chi connectivity index (χ3v) is 2.63. The molecule has 0 amide bonds. The van der Waals surface area contributed by atoms with E-state index in [1.165, 1.54) is 0 Å². The van der Waals surface area contributed by atoms with Crippen LogP contribution in [0.1, 0.15) is 27.7 Å². The molecule has 0 aromatic carbocycles. The first-order valence-corrected chi connectivity index (χ1v) is 5.59. The van der Waals surface area contributed by atoms with Crippen molar-refractivity contribution >= 4 is 0 Å². The minimum Gasteiger partial charge on any atom is -0.391 e.